The van der Waals surface area contributed by atoms with Gasteiger partial charge in [-0.25, -0.2) is 0 Å². The third-order valence-electron chi connectivity index (χ3n) is 3.58. The summed E-state index contributed by atoms with van der Waals surface area (Å²) in [5.74, 6) is 1.11. The van der Waals surface area contributed by atoms with Crippen LogP contribution in [0.3, 0.4) is 0 Å². The van der Waals surface area contributed by atoms with E-state index in [1.54, 1.807) is 6.26 Å². The van der Waals surface area contributed by atoms with Gasteiger partial charge in [-0.1, -0.05) is 6.07 Å². The van der Waals surface area contributed by atoms with Crippen LogP contribution in [0.2, 0.25) is 0 Å². The summed E-state index contributed by atoms with van der Waals surface area (Å²) in [4.78, 5) is 13.6. The lowest BCUT2D eigenvalue weighted by atomic mass is 10.2. The maximum atomic E-state index is 11.8. The van der Waals surface area contributed by atoms with Crippen molar-refractivity contribution in [1.82, 2.24) is 0 Å². The maximum absolute atomic E-state index is 11.8. The highest BCUT2D eigenvalue weighted by atomic mass is 16.3. The first kappa shape index (κ1) is 12.8. The van der Waals surface area contributed by atoms with Crippen molar-refractivity contribution in [3.63, 3.8) is 0 Å². The highest BCUT2D eigenvalue weighted by Crippen LogP contribution is 2.26. The van der Waals surface area contributed by atoms with Gasteiger partial charge >= 0.3 is 0 Å². The molecule has 1 atom stereocenters. The molecule has 1 amide bonds. The predicted octanol–water partition coefficient (Wildman–Crippen LogP) is 3.58. The third-order valence-corrected chi connectivity index (χ3v) is 3.58. The molecule has 20 heavy (non-hydrogen) atoms. The Morgan fingerprint density at radius 2 is 2.20 bits per heavy atom. The van der Waals surface area contributed by atoms with Gasteiger partial charge in [-0.2, -0.15) is 0 Å². The molecule has 0 radical (unpaired) electrons. The van der Waals surface area contributed by atoms with E-state index in [0.29, 0.717) is 6.42 Å². The second kappa shape index (κ2) is 5.41. The van der Waals surface area contributed by atoms with Crippen LogP contribution in [-0.4, -0.2) is 12.5 Å². The fourth-order valence-electron chi connectivity index (χ4n) is 2.54. The summed E-state index contributed by atoms with van der Waals surface area (Å²) in [5, 5.41) is 3.39. The molecular formula is C16H18N2O2. The second-order valence-electron chi connectivity index (χ2n) is 5.08. The van der Waals surface area contributed by atoms with Gasteiger partial charge in [0, 0.05) is 24.3 Å². The van der Waals surface area contributed by atoms with E-state index in [1.165, 1.54) is 0 Å². The van der Waals surface area contributed by atoms with Crippen molar-refractivity contribution in [2.45, 2.75) is 25.8 Å². The standard InChI is InChI=1S/C16H18N2O2/c1-12(15-7-4-10-20-15)17-13-5-2-6-14(11-13)18-9-3-8-16(18)19/h2,4-7,10-12,17H,3,8-9H2,1H3. The van der Waals surface area contributed by atoms with Crippen LogP contribution in [0, 0.1) is 0 Å². The van der Waals surface area contributed by atoms with E-state index in [2.05, 4.69) is 5.32 Å². The minimum absolute atomic E-state index is 0.0922. The summed E-state index contributed by atoms with van der Waals surface area (Å²) in [6, 6.07) is 11.9. The van der Waals surface area contributed by atoms with Gasteiger partial charge in [-0.05, 0) is 43.7 Å². The zero-order valence-electron chi connectivity index (χ0n) is 11.5. The summed E-state index contributed by atoms with van der Waals surface area (Å²) in [6.07, 6.45) is 3.27. The Morgan fingerprint density at radius 1 is 1.30 bits per heavy atom. The van der Waals surface area contributed by atoms with E-state index >= 15 is 0 Å². The number of nitrogens with zero attached hydrogens (tertiary/aromatic N) is 1. The van der Waals surface area contributed by atoms with Crippen molar-refractivity contribution in [1.29, 1.82) is 0 Å². The molecule has 0 bridgehead atoms. The van der Waals surface area contributed by atoms with Crippen LogP contribution in [0.5, 0.6) is 0 Å². The van der Waals surface area contributed by atoms with Gasteiger partial charge in [0.2, 0.25) is 5.91 Å². The zero-order chi connectivity index (χ0) is 13.9. The Balaban J connectivity index is 1.76. The van der Waals surface area contributed by atoms with E-state index in [-0.39, 0.29) is 11.9 Å². The molecule has 1 aromatic heterocycles. The van der Waals surface area contributed by atoms with E-state index < -0.39 is 0 Å². The average Bonchev–Trinajstić information content (AvgIpc) is 3.10. The van der Waals surface area contributed by atoms with Crippen molar-refractivity contribution < 1.29 is 9.21 Å². The maximum Gasteiger partial charge on any atom is 0.227 e. The van der Waals surface area contributed by atoms with Crippen LogP contribution in [0.4, 0.5) is 11.4 Å². The van der Waals surface area contributed by atoms with Crippen molar-refractivity contribution in [2.24, 2.45) is 0 Å². The molecule has 0 aliphatic carbocycles. The Labute approximate surface area is 118 Å². The van der Waals surface area contributed by atoms with Gasteiger partial charge in [0.05, 0.1) is 12.3 Å². The van der Waals surface area contributed by atoms with Gasteiger partial charge < -0.3 is 14.6 Å². The van der Waals surface area contributed by atoms with E-state index in [4.69, 9.17) is 4.42 Å². The lowest BCUT2D eigenvalue weighted by Crippen LogP contribution is -2.23. The van der Waals surface area contributed by atoms with E-state index in [0.717, 1.165) is 30.1 Å². The van der Waals surface area contributed by atoms with Crippen LogP contribution in [0.25, 0.3) is 0 Å². The molecule has 4 heteroatoms. The van der Waals surface area contributed by atoms with Gasteiger partial charge in [0.25, 0.3) is 0 Å². The van der Waals surface area contributed by atoms with Crippen LogP contribution in [-0.2, 0) is 4.79 Å². The summed E-state index contributed by atoms with van der Waals surface area (Å²) >= 11 is 0. The van der Waals surface area contributed by atoms with E-state index in [9.17, 15) is 4.79 Å². The number of amides is 1. The lowest BCUT2D eigenvalue weighted by molar-refractivity contribution is -0.117. The lowest BCUT2D eigenvalue weighted by Gasteiger charge is -2.18. The molecule has 3 rings (SSSR count). The molecular weight excluding hydrogens is 252 g/mol. The average molecular weight is 270 g/mol. The largest absolute Gasteiger partial charge is 0.467 e. The monoisotopic (exact) mass is 270 g/mol. The van der Waals surface area contributed by atoms with Crippen LogP contribution < -0.4 is 10.2 Å². The Morgan fingerprint density at radius 3 is 2.90 bits per heavy atom. The van der Waals surface area contributed by atoms with Crippen molar-refractivity contribution in [3.8, 4) is 0 Å². The molecule has 1 aliphatic heterocycles. The fourth-order valence-corrected chi connectivity index (χ4v) is 2.54. The summed E-state index contributed by atoms with van der Waals surface area (Å²) in [5.41, 5.74) is 1.95. The predicted molar refractivity (Wildman–Crippen MR) is 78.8 cm³/mol. The highest BCUT2D eigenvalue weighted by molar-refractivity contribution is 5.95. The van der Waals surface area contributed by atoms with Crippen LogP contribution >= 0.6 is 0 Å². The van der Waals surface area contributed by atoms with Crippen LogP contribution in [0.15, 0.2) is 47.1 Å². The van der Waals surface area contributed by atoms with Crippen molar-refractivity contribution in [2.75, 3.05) is 16.8 Å². The molecule has 2 aromatic rings. The third kappa shape index (κ3) is 2.54. The van der Waals surface area contributed by atoms with Gasteiger partial charge in [-0.15, -0.1) is 0 Å². The first-order valence-electron chi connectivity index (χ1n) is 6.94. The fraction of sp³-hybridized carbons (Fsp3) is 0.312. The number of nitrogens with one attached hydrogen (secondary N) is 1. The Kier molecular flexibility index (Phi) is 3.46. The summed E-state index contributed by atoms with van der Waals surface area (Å²) < 4.78 is 5.39. The Bertz CT molecular complexity index is 592. The number of furan rings is 1. The molecule has 1 N–H and O–H groups in total. The first-order chi connectivity index (χ1) is 9.74. The molecule has 1 unspecified atom stereocenters. The molecule has 1 saturated heterocycles. The number of hydrogen-bond acceptors (Lipinski definition) is 3. The molecule has 4 nitrogen and oxygen atoms in total. The molecule has 1 aromatic carbocycles. The van der Waals surface area contributed by atoms with Crippen molar-refractivity contribution in [3.05, 3.63) is 48.4 Å². The minimum atomic E-state index is 0.0922. The van der Waals surface area contributed by atoms with Crippen molar-refractivity contribution >= 4 is 17.3 Å². The number of carbonyl (C=O) groups is 1. The topological polar surface area (TPSA) is 45.5 Å². The molecule has 0 spiro atoms. The molecule has 2 heterocycles. The van der Waals surface area contributed by atoms with Gasteiger partial charge in [0.1, 0.15) is 5.76 Å². The van der Waals surface area contributed by atoms with Crippen LogP contribution in [0.1, 0.15) is 31.6 Å². The smallest absolute Gasteiger partial charge is 0.227 e. The molecule has 1 fully saturated rings. The summed E-state index contributed by atoms with van der Waals surface area (Å²) in [6.45, 7) is 2.86. The SMILES string of the molecule is CC(Nc1cccc(N2CCCC2=O)c1)c1ccco1. The normalized spacial score (nSPS) is 16.4. The Hall–Kier alpha value is -2.23. The van der Waals surface area contributed by atoms with Gasteiger partial charge in [0.15, 0.2) is 0 Å². The second-order valence-corrected chi connectivity index (χ2v) is 5.08. The molecule has 104 valence electrons. The quantitative estimate of drug-likeness (QED) is 0.923. The minimum Gasteiger partial charge on any atom is -0.467 e. The molecule has 0 saturated carbocycles. The zero-order valence-corrected chi connectivity index (χ0v) is 11.5. The first-order valence-corrected chi connectivity index (χ1v) is 6.94. The summed E-state index contributed by atoms with van der Waals surface area (Å²) in [7, 11) is 0. The highest BCUT2D eigenvalue weighted by Gasteiger charge is 2.21. The van der Waals surface area contributed by atoms with E-state index in [1.807, 2.05) is 48.2 Å². The number of carbonyl (C=O) groups excluding carboxylic acids is 1. The number of hydrogen-bond donors (Lipinski definition) is 1. The molecule has 1 aliphatic rings. The number of benzene rings is 1. The number of rotatable bonds is 4. The van der Waals surface area contributed by atoms with Gasteiger partial charge in [-0.3, -0.25) is 4.79 Å². The number of anilines is 2.